The molecule has 1 aromatic heterocycles. The number of aromatic amines is 1. The smallest absolute Gasteiger partial charge is 0.256 e. The summed E-state index contributed by atoms with van der Waals surface area (Å²) in [5.41, 5.74) is 2.19. The number of amides is 2. The molecule has 2 N–H and O–H groups in total. The van der Waals surface area contributed by atoms with Crippen molar-refractivity contribution in [2.75, 3.05) is 20.2 Å². The van der Waals surface area contributed by atoms with Crippen molar-refractivity contribution in [3.05, 3.63) is 65.9 Å². The largest absolute Gasteiger partial charge is 0.496 e. The first-order valence-corrected chi connectivity index (χ1v) is 9.46. The predicted molar refractivity (Wildman–Crippen MR) is 108 cm³/mol. The molecule has 0 spiro atoms. The molecule has 1 fully saturated rings. The van der Waals surface area contributed by atoms with E-state index >= 15 is 0 Å². The maximum atomic E-state index is 12.9. The summed E-state index contributed by atoms with van der Waals surface area (Å²) in [6.07, 6.45) is 3.24. The number of likely N-dealkylation sites (tertiary alicyclic amines) is 1. The number of para-hydroxylation sites is 2. The second-order valence-corrected chi connectivity index (χ2v) is 6.99. The predicted octanol–water partition coefficient (Wildman–Crippen LogP) is 3.21. The summed E-state index contributed by atoms with van der Waals surface area (Å²) in [6, 6.07) is 15.0. The van der Waals surface area contributed by atoms with Crippen LogP contribution >= 0.6 is 0 Å². The number of methoxy groups -OCH3 is 1. The third-order valence-corrected chi connectivity index (χ3v) is 5.29. The van der Waals surface area contributed by atoms with Crippen molar-refractivity contribution in [2.24, 2.45) is 0 Å². The number of piperidine rings is 1. The van der Waals surface area contributed by atoms with Gasteiger partial charge in [0.25, 0.3) is 11.8 Å². The van der Waals surface area contributed by atoms with E-state index in [0.717, 1.165) is 23.7 Å². The molecule has 1 aliphatic heterocycles. The zero-order valence-corrected chi connectivity index (χ0v) is 15.8. The van der Waals surface area contributed by atoms with Crippen molar-refractivity contribution in [2.45, 2.75) is 18.9 Å². The Labute approximate surface area is 163 Å². The summed E-state index contributed by atoms with van der Waals surface area (Å²) in [5, 5.41) is 4.01. The summed E-state index contributed by atoms with van der Waals surface area (Å²) >= 11 is 0. The van der Waals surface area contributed by atoms with Crippen LogP contribution in [0.15, 0.2) is 54.7 Å². The van der Waals surface area contributed by atoms with Gasteiger partial charge in [-0.15, -0.1) is 0 Å². The van der Waals surface area contributed by atoms with Crippen molar-refractivity contribution in [1.29, 1.82) is 0 Å². The molecule has 144 valence electrons. The lowest BCUT2D eigenvalue weighted by Gasteiger charge is -2.32. The fraction of sp³-hybridized carbons (Fsp3) is 0.273. The summed E-state index contributed by atoms with van der Waals surface area (Å²) < 4.78 is 5.26. The van der Waals surface area contributed by atoms with E-state index in [1.54, 1.807) is 25.4 Å². The first-order valence-electron chi connectivity index (χ1n) is 9.46. The zero-order chi connectivity index (χ0) is 19.5. The quantitative estimate of drug-likeness (QED) is 0.733. The van der Waals surface area contributed by atoms with E-state index < -0.39 is 0 Å². The van der Waals surface area contributed by atoms with Gasteiger partial charge in [-0.3, -0.25) is 9.59 Å². The van der Waals surface area contributed by atoms with Crippen LogP contribution in [0.4, 0.5) is 0 Å². The molecular weight excluding hydrogens is 354 g/mol. The van der Waals surface area contributed by atoms with E-state index in [2.05, 4.69) is 10.3 Å². The molecule has 0 saturated carbocycles. The summed E-state index contributed by atoms with van der Waals surface area (Å²) in [6.45, 7) is 1.24. The van der Waals surface area contributed by atoms with E-state index in [1.165, 1.54) is 0 Å². The third kappa shape index (κ3) is 3.45. The van der Waals surface area contributed by atoms with Crippen LogP contribution in [0.2, 0.25) is 0 Å². The highest BCUT2D eigenvalue weighted by Gasteiger charge is 2.26. The first kappa shape index (κ1) is 18.1. The Kier molecular flexibility index (Phi) is 5.02. The SMILES string of the molecule is COc1ccccc1C(=O)NC1CCN(C(=O)c2c[nH]c3ccccc23)CC1. The van der Waals surface area contributed by atoms with Crippen molar-refractivity contribution in [3.8, 4) is 5.75 Å². The zero-order valence-electron chi connectivity index (χ0n) is 15.8. The fourth-order valence-corrected chi connectivity index (χ4v) is 3.74. The number of H-pyrrole nitrogens is 1. The topological polar surface area (TPSA) is 74.4 Å². The maximum Gasteiger partial charge on any atom is 0.256 e. The highest BCUT2D eigenvalue weighted by molar-refractivity contribution is 6.06. The second kappa shape index (κ2) is 7.76. The number of nitrogens with zero attached hydrogens (tertiary/aromatic N) is 1. The van der Waals surface area contributed by atoms with E-state index in [-0.39, 0.29) is 17.9 Å². The van der Waals surface area contributed by atoms with Gasteiger partial charge < -0.3 is 19.9 Å². The number of rotatable bonds is 4. The Morgan fingerprint density at radius 3 is 2.54 bits per heavy atom. The monoisotopic (exact) mass is 377 g/mol. The maximum absolute atomic E-state index is 12.9. The number of hydrogen-bond donors (Lipinski definition) is 2. The van der Waals surface area contributed by atoms with Crippen molar-refractivity contribution in [3.63, 3.8) is 0 Å². The Bertz CT molecular complexity index is 1000. The van der Waals surface area contributed by atoms with E-state index in [0.29, 0.717) is 30.0 Å². The van der Waals surface area contributed by atoms with Crippen LogP contribution in [0.25, 0.3) is 10.9 Å². The molecule has 4 rings (SSSR count). The van der Waals surface area contributed by atoms with Crippen LogP contribution in [0.5, 0.6) is 5.75 Å². The van der Waals surface area contributed by atoms with Crippen LogP contribution in [0, 0.1) is 0 Å². The van der Waals surface area contributed by atoms with Gasteiger partial charge in [0, 0.05) is 36.2 Å². The van der Waals surface area contributed by atoms with Crippen molar-refractivity contribution < 1.29 is 14.3 Å². The van der Waals surface area contributed by atoms with Crippen LogP contribution in [-0.4, -0.2) is 47.9 Å². The summed E-state index contributed by atoms with van der Waals surface area (Å²) in [5.74, 6) is 0.456. The minimum Gasteiger partial charge on any atom is -0.496 e. The van der Waals surface area contributed by atoms with Gasteiger partial charge in [0.2, 0.25) is 0 Å². The van der Waals surface area contributed by atoms with Crippen molar-refractivity contribution >= 4 is 22.7 Å². The van der Waals surface area contributed by atoms with Gasteiger partial charge in [-0.1, -0.05) is 30.3 Å². The Morgan fingerprint density at radius 1 is 1.04 bits per heavy atom. The van der Waals surface area contributed by atoms with Crippen LogP contribution in [0.1, 0.15) is 33.6 Å². The minimum atomic E-state index is -0.140. The molecule has 1 aliphatic rings. The Balaban J connectivity index is 1.38. The number of carbonyl (C=O) groups excluding carboxylic acids is 2. The van der Waals surface area contributed by atoms with Gasteiger partial charge in [-0.05, 0) is 31.0 Å². The van der Waals surface area contributed by atoms with Crippen molar-refractivity contribution in [1.82, 2.24) is 15.2 Å². The fourth-order valence-electron chi connectivity index (χ4n) is 3.74. The lowest BCUT2D eigenvalue weighted by molar-refractivity contribution is 0.0700. The molecule has 0 aliphatic carbocycles. The van der Waals surface area contributed by atoms with Gasteiger partial charge in [-0.25, -0.2) is 0 Å². The number of hydrogen-bond acceptors (Lipinski definition) is 3. The van der Waals surface area contributed by atoms with E-state index in [4.69, 9.17) is 4.74 Å². The van der Waals surface area contributed by atoms with Crippen LogP contribution in [0.3, 0.4) is 0 Å². The molecular formula is C22H23N3O3. The average molecular weight is 377 g/mol. The van der Waals surface area contributed by atoms with Gasteiger partial charge in [0.15, 0.2) is 0 Å². The molecule has 3 aromatic rings. The van der Waals surface area contributed by atoms with Gasteiger partial charge in [-0.2, -0.15) is 0 Å². The summed E-state index contributed by atoms with van der Waals surface area (Å²) in [4.78, 5) is 30.5. The lowest BCUT2D eigenvalue weighted by atomic mass is 10.0. The van der Waals surface area contributed by atoms with E-state index in [1.807, 2.05) is 41.3 Å². The highest BCUT2D eigenvalue weighted by Crippen LogP contribution is 2.22. The lowest BCUT2D eigenvalue weighted by Crippen LogP contribution is -2.46. The second-order valence-electron chi connectivity index (χ2n) is 6.99. The number of nitrogens with one attached hydrogen (secondary N) is 2. The molecule has 1 saturated heterocycles. The molecule has 6 nitrogen and oxygen atoms in total. The Hall–Kier alpha value is -3.28. The summed E-state index contributed by atoms with van der Waals surface area (Å²) in [7, 11) is 1.56. The normalized spacial score (nSPS) is 14.8. The molecule has 0 bridgehead atoms. The van der Waals surface area contributed by atoms with Crippen LogP contribution < -0.4 is 10.1 Å². The molecule has 2 heterocycles. The average Bonchev–Trinajstić information content (AvgIpc) is 3.18. The molecule has 2 amide bonds. The molecule has 0 atom stereocenters. The third-order valence-electron chi connectivity index (χ3n) is 5.29. The molecule has 0 radical (unpaired) electrons. The number of fused-ring (bicyclic) bond motifs is 1. The number of aromatic nitrogens is 1. The van der Waals surface area contributed by atoms with Gasteiger partial charge >= 0.3 is 0 Å². The molecule has 28 heavy (non-hydrogen) atoms. The standard InChI is InChI=1S/C22H23N3O3/c1-28-20-9-5-3-7-17(20)21(26)24-15-10-12-25(13-11-15)22(27)18-14-23-19-8-4-2-6-16(18)19/h2-9,14-15,23H,10-13H2,1H3,(H,24,26). The van der Waals surface area contributed by atoms with Crippen LogP contribution in [-0.2, 0) is 0 Å². The molecule has 0 unspecified atom stereocenters. The minimum absolute atomic E-state index is 0.0342. The Morgan fingerprint density at radius 2 is 1.75 bits per heavy atom. The number of benzene rings is 2. The first-order chi connectivity index (χ1) is 13.7. The molecule has 6 heteroatoms. The molecule has 2 aromatic carbocycles. The number of carbonyl (C=O) groups is 2. The van der Waals surface area contributed by atoms with E-state index in [9.17, 15) is 9.59 Å². The van der Waals surface area contributed by atoms with Gasteiger partial charge in [0.05, 0.1) is 18.2 Å². The highest BCUT2D eigenvalue weighted by atomic mass is 16.5. The van der Waals surface area contributed by atoms with Gasteiger partial charge in [0.1, 0.15) is 5.75 Å². The number of ether oxygens (including phenoxy) is 1.